The second kappa shape index (κ2) is 11.6. The van der Waals surface area contributed by atoms with Crippen molar-refractivity contribution in [3.8, 4) is 11.4 Å². The highest BCUT2D eigenvalue weighted by atomic mass is 127. The number of halogens is 1. The molecule has 0 aliphatic rings. The fourth-order valence-electron chi connectivity index (χ4n) is 3.48. The van der Waals surface area contributed by atoms with E-state index in [9.17, 15) is 0 Å². The lowest BCUT2D eigenvalue weighted by molar-refractivity contribution is 0.414. The Bertz CT molecular complexity index is 1150. The fraction of sp³-hybridized carbons (Fsp3) is 0.250. The van der Waals surface area contributed by atoms with Gasteiger partial charge in [-0.1, -0.05) is 18.2 Å². The summed E-state index contributed by atoms with van der Waals surface area (Å²) in [6.07, 6.45) is 4.95. The molecule has 0 amide bonds. The van der Waals surface area contributed by atoms with Crippen molar-refractivity contribution in [1.29, 1.82) is 0 Å². The second-order valence-electron chi connectivity index (χ2n) is 7.18. The van der Waals surface area contributed by atoms with Gasteiger partial charge < -0.3 is 20.4 Å². The number of guanidine groups is 1. The van der Waals surface area contributed by atoms with Crippen LogP contribution in [-0.2, 0) is 13.0 Å². The number of nitrogens with zero attached hydrogens (tertiary/aromatic N) is 3. The van der Waals surface area contributed by atoms with Crippen molar-refractivity contribution in [2.24, 2.45) is 4.99 Å². The number of methoxy groups -OCH3 is 1. The monoisotopic (exact) mass is 544 g/mol. The Morgan fingerprint density at radius 1 is 1.09 bits per heavy atom. The van der Waals surface area contributed by atoms with Gasteiger partial charge in [-0.15, -0.1) is 24.0 Å². The van der Waals surface area contributed by atoms with Gasteiger partial charge in [0.1, 0.15) is 5.75 Å². The number of aromatic amines is 1. The highest BCUT2D eigenvalue weighted by Crippen LogP contribution is 2.18. The molecule has 0 aliphatic carbocycles. The van der Waals surface area contributed by atoms with E-state index in [1.165, 1.54) is 16.5 Å². The summed E-state index contributed by atoms with van der Waals surface area (Å²) in [6.45, 7) is 4.17. The zero-order valence-corrected chi connectivity index (χ0v) is 20.7. The number of aliphatic imine (C=N–C) groups is 1. The molecule has 0 unspecified atom stereocenters. The summed E-state index contributed by atoms with van der Waals surface area (Å²) in [5.74, 6) is 1.62. The summed E-state index contributed by atoms with van der Waals surface area (Å²) >= 11 is 0. The van der Waals surface area contributed by atoms with Gasteiger partial charge in [-0.2, -0.15) is 5.10 Å². The lowest BCUT2D eigenvalue weighted by Gasteiger charge is -2.10. The van der Waals surface area contributed by atoms with E-state index in [4.69, 9.17) is 9.73 Å². The predicted octanol–water partition coefficient (Wildman–Crippen LogP) is 4.28. The van der Waals surface area contributed by atoms with Crippen LogP contribution in [0.4, 0.5) is 0 Å². The molecule has 4 aromatic rings. The van der Waals surface area contributed by atoms with Crippen molar-refractivity contribution in [1.82, 2.24) is 25.4 Å². The third-order valence-corrected chi connectivity index (χ3v) is 5.09. The van der Waals surface area contributed by atoms with Crippen LogP contribution >= 0.6 is 24.0 Å². The minimum absolute atomic E-state index is 0. The van der Waals surface area contributed by atoms with Crippen molar-refractivity contribution < 1.29 is 4.74 Å². The largest absolute Gasteiger partial charge is 0.497 e. The third kappa shape index (κ3) is 5.82. The maximum absolute atomic E-state index is 5.21. The Hall–Kier alpha value is -3.01. The van der Waals surface area contributed by atoms with Gasteiger partial charge in [0.05, 0.1) is 25.0 Å². The van der Waals surface area contributed by atoms with Crippen molar-refractivity contribution >= 4 is 40.8 Å². The number of hydrogen-bond acceptors (Lipinski definition) is 3. The molecule has 0 atom stereocenters. The number of rotatable bonds is 8. The van der Waals surface area contributed by atoms with Crippen molar-refractivity contribution in [2.45, 2.75) is 19.9 Å². The maximum Gasteiger partial charge on any atom is 0.191 e. The van der Waals surface area contributed by atoms with Crippen molar-refractivity contribution in [3.05, 3.63) is 78.2 Å². The molecule has 3 N–H and O–H groups in total. The average Bonchev–Trinajstić information content (AvgIpc) is 3.45. The maximum atomic E-state index is 5.21. The lowest BCUT2D eigenvalue weighted by Crippen LogP contribution is -2.38. The van der Waals surface area contributed by atoms with Gasteiger partial charge in [-0.25, -0.2) is 9.67 Å². The summed E-state index contributed by atoms with van der Waals surface area (Å²) in [7, 11) is 1.66. The van der Waals surface area contributed by atoms with E-state index in [2.05, 4.69) is 52.0 Å². The highest BCUT2D eigenvalue weighted by molar-refractivity contribution is 14.0. The topological polar surface area (TPSA) is 79.3 Å². The number of hydrogen-bond donors (Lipinski definition) is 3. The van der Waals surface area contributed by atoms with Gasteiger partial charge in [0.2, 0.25) is 0 Å². The molecule has 2 aromatic carbocycles. The predicted molar refractivity (Wildman–Crippen MR) is 140 cm³/mol. The number of aromatic nitrogens is 3. The smallest absolute Gasteiger partial charge is 0.191 e. The molecule has 0 fully saturated rings. The molecule has 7 nitrogen and oxygen atoms in total. The zero-order valence-electron chi connectivity index (χ0n) is 18.3. The normalized spacial score (nSPS) is 11.2. The van der Waals surface area contributed by atoms with Crippen LogP contribution in [0.5, 0.6) is 5.75 Å². The van der Waals surface area contributed by atoms with E-state index >= 15 is 0 Å². The van der Waals surface area contributed by atoms with Gasteiger partial charge in [0.15, 0.2) is 5.96 Å². The molecule has 0 bridgehead atoms. The van der Waals surface area contributed by atoms with Gasteiger partial charge in [-0.3, -0.25) is 0 Å². The molecule has 0 saturated heterocycles. The third-order valence-electron chi connectivity index (χ3n) is 5.09. The summed E-state index contributed by atoms with van der Waals surface area (Å²) in [6, 6.07) is 18.2. The van der Waals surface area contributed by atoms with Gasteiger partial charge in [0.25, 0.3) is 0 Å². The van der Waals surface area contributed by atoms with E-state index in [1.807, 2.05) is 47.3 Å². The molecule has 0 radical (unpaired) electrons. The number of para-hydroxylation sites is 1. The summed E-state index contributed by atoms with van der Waals surface area (Å²) in [4.78, 5) is 8.02. The van der Waals surface area contributed by atoms with E-state index < -0.39 is 0 Å². The van der Waals surface area contributed by atoms with E-state index in [1.54, 1.807) is 7.11 Å². The lowest BCUT2D eigenvalue weighted by atomic mass is 10.1. The van der Waals surface area contributed by atoms with Crippen molar-refractivity contribution in [3.63, 3.8) is 0 Å². The molecule has 0 aliphatic heterocycles. The number of ether oxygens (including phenoxy) is 1. The number of nitrogens with one attached hydrogen (secondary N) is 3. The number of H-pyrrole nitrogens is 1. The van der Waals surface area contributed by atoms with E-state index in [-0.39, 0.29) is 24.0 Å². The standard InChI is InChI=1S/C24H28N6O.HI/c1-3-25-24(26-14-12-18-16-27-23-7-5-4-6-22(18)23)28-17-19-13-15-30(29-19)20-8-10-21(31-2)11-9-20;/h4-11,13,15-16,27H,3,12,14,17H2,1-2H3,(H2,25,26,28);1H. The van der Waals surface area contributed by atoms with Gasteiger partial charge in [-0.05, 0) is 55.3 Å². The Labute approximate surface area is 205 Å². The van der Waals surface area contributed by atoms with Crippen LogP contribution in [0.3, 0.4) is 0 Å². The van der Waals surface area contributed by atoms with Crippen LogP contribution in [0.15, 0.2) is 72.0 Å². The Morgan fingerprint density at radius 2 is 1.91 bits per heavy atom. The molecule has 4 rings (SSSR count). The minimum atomic E-state index is 0. The minimum Gasteiger partial charge on any atom is -0.497 e. The first-order valence-corrected chi connectivity index (χ1v) is 10.5. The molecular formula is C24H29IN6O. The number of benzene rings is 2. The molecule has 32 heavy (non-hydrogen) atoms. The molecule has 8 heteroatoms. The molecule has 2 heterocycles. The quantitative estimate of drug-likeness (QED) is 0.176. The SMILES string of the molecule is CCNC(=NCc1ccn(-c2ccc(OC)cc2)n1)NCCc1c[nH]c2ccccc12.I. The van der Waals surface area contributed by atoms with Crippen molar-refractivity contribution in [2.75, 3.05) is 20.2 Å². The molecule has 168 valence electrons. The second-order valence-corrected chi connectivity index (χ2v) is 7.18. The molecule has 2 aromatic heterocycles. The molecular weight excluding hydrogens is 515 g/mol. The van der Waals surface area contributed by atoms with E-state index in [0.29, 0.717) is 6.54 Å². The van der Waals surface area contributed by atoms with Crippen LogP contribution in [-0.4, -0.2) is 40.9 Å². The van der Waals surface area contributed by atoms with Crippen LogP contribution < -0.4 is 15.4 Å². The summed E-state index contributed by atoms with van der Waals surface area (Å²) in [5.41, 5.74) is 4.37. The van der Waals surface area contributed by atoms with Gasteiger partial charge >= 0.3 is 0 Å². The Balaban J connectivity index is 0.00000289. The van der Waals surface area contributed by atoms with E-state index in [0.717, 1.165) is 42.6 Å². The fourth-order valence-corrected chi connectivity index (χ4v) is 3.48. The number of fused-ring (bicyclic) bond motifs is 1. The van der Waals surface area contributed by atoms with Crippen LogP contribution in [0.1, 0.15) is 18.2 Å². The summed E-state index contributed by atoms with van der Waals surface area (Å²) in [5, 5.41) is 12.6. The first kappa shape index (κ1) is 23.6. The van der Waals surface area contributed by atoms with Crippen LogP contribution in [0.2, 0.25) is 0 Å². The van der Waals surface area contributed by atoms with Crippen LogP contribution in [0, 0.1) is 0 Å². The highest BCUT2D eigenvalue weighted by Gasteiger charge is 2.05. The molecule has 0 saturated carbocycles. The first-order valence-electron chi connectivity index (χ1n) is 10.5. The van der Waals surface area contributed by atoms with Gasteiger partial charge in [0, 0.05) is 36.4 Å². The Morgan fingerprint density at radius 3 is 2.69 bits per heavy atom. The Kier molecular flexibility index (Phi) is 8.55. The first-order chi connectivity index (χ1) is 15.3. The summed E-state index contributed by atoms with van der Waals surface area (Å²) < 4.78 is 7.06. The molecule has 0 spiro atoms. The van der Waals surface area contributed by atoms with Crippen LogP contribution in [0.25, 0.3) is 16.6 Å². The average molecular weight is 544 g/mol. The zero-order chi connectivity index (χ0) is 21.5.